The number of rotatable bonds is 7. The Bertz CT molecular complexity index is 2000. The minimum atomic E-state index is -0.819. The van der Waals surface area contributed by atoms with Crippen LogP contribution in [0, 0.1) is 25.2 Å². The van der Waals surface area contributed by atoms with E-state index in [2.05, 4.69) is 16.4 Å². The largest absolute Gasteiger partial charge is 0.454 e. The summed E-state index contributed by atoms with van der Waals surface area (Å²) in [4.78, 5) is 54.1. The number of nitrogens with zero attached hydrogens (tertiary/aromatic N) is 5. The smallest absolute Gasteiger partial charge is 0.332 e. The molecule has 0 aliphatic heterocycles. The second-order valence-corrected chi connectivity index (χ2v) is 9.81. The van der Waals surface area contributed by atoms with Gasteiger partial charge in [0.05, 0.1) is 6.33 Å². The third-order valence-corrected chi connectivity index (χ3v) is 6.81. The number of esters is 1. The first-order valence-electron chi connectivity index (χ1n) is 12.9. The lowest BCUT2D eigenvalue weighted by molar-refractivity contribution is -0.147. The summed E-state index contributed by atoms with van der Waals surface area (Å²) >= 11 is 0. The number of hydrogen-bond donors (Lipinski definition) is 1. The van der Waals surface area contributed by atoms with E-state index in [0.717, 1.165) is 26.8 Å². The second-order valence-electron chi connectivity index (χ2n) is 9.81. The predicted octanol–water partition coefficient (Wildman–Crippen LogP) is 3.03. The summed E-state index contributed by atoms with van der Waals surface area (Å²) in [5.74, 6) is -1.21. The molecule has 1 N–H and O–H groups in total. The van der Waals surface area contributed by atoms with Crippen LogP contribution in [0.4, 0.5) is 5.88 Å². The number of furan rings is 1. The molecule has 0 unspecified atom stereocenters. The zero-order chi connectivity index (χ0) is 30.1. The van der Waals surface area contributed by atoms with E-state index in [1.807, 2.05) is 62.4 Å². The predicted molar refractivity (Wildman–Crippen MR) is 154 cm³/mol. The van der Waals surface area contributed by atoms with Gasteiger partial charge in [0.15, 0.2) is 17.8 Å². The van der Waals surface area contributed by atoms with E-state index in [0.29, 0.717) is 11.3 Å². The maximum atomic E-state index is 12.8. The van der Waals surface area contributed by atoms with Crippen LogP contribution >= 0.6 is 0 Å². The van der Waals surface area contributed by atoms with Crippen LogP contribution in [0.3, 0.4) is 0 Å². The molecular weight excluding hydrogens is 540 g/mol. The highest BCUT2D eigenvalue weighted by atomic mass is 16.5. The monoisotopic (exact) mass is 566 g/mol. The number of amides is 1. The number of nitriles is 1. The highest BCUT2D eigenvalue weighted by molar-refractivity contribution is 5.96. The van der Waals surface area contributed by atoms with Crippen molar-refractivity contribution in [3.63, 3.8) is 0 Å². The van der Waals surface area contributed by atoms with E-state index in [1.165, 1.54) is 29.6 Å². The summed E-state index contributed by atoms with van der Waals surface area (Å²) in [6, 6.07) is 17.3. The molecule has 0 fully saturated rings. The number of hydrogen-bond acceptors (Lipinski definition) is 8. The van der Waals surface area contributed by atoms with Crippen LogP contribution in [0.5, 0.6) is 0 Å². The third kappa shape index (κ3) is 5.11. The molecule has 0 aliphatic carbocycles. The van der Waals surface area contributed by atoms with Crippen molar-refractivity contribution in [2.75, 3.05) is 11.9 Å². The molecule has 1 amide bonds. The van der Waals surface area contributed by atoms with E-state index in [9.17, 15) is 24.4 Å². The van der Waals surface area contributed by atoms with Crippen molar-refractivity contribution in [1.82, 2.24) is 18.7 Å². The lowest BCUT2D eigenvalue weighted by Crippen LogP contribution is -2.37. The lowest BCUT2D eigenvalue weighted by Gasteiger charge is -2.07. The molecule has 42 heavy (non-hydrogen) atoms. The first-order valence-corrected chi connectivity index (χ1v) is 12.9. The van der Waals surface area contributed by atoms with Gasteiger partial charge in [-0.3, -0.25) is 28.8 Å². The Morgan fingerprint density at radius 3 is 2.21 bits per heavy atom. The van der Waals surface area contributed by atoms with Crippen LogP contribution in [0.15, 0.2) is 68.9 Å². The standard InChI is InChI=1S/C30H26N6O6/c1-17-5-9-19(10-6-17)24-21(13-31)28(42-26(24)20-11-7-18(2)8-12-20)33-22(37)15-41-23(38)14-36-16-32-27-25(36)29(39)35(4)30(40)34(27)3/h5-12,16H,14-15H2,1-4H3,(H,33,37). The van der Waals surface area contributed by atoms with Crippen LogP contribution in [0.2, 0.25) is 0 Å². The Hall–Kier alpha value is -5.70. The number of carbonyl (C=O) groups excluding carboxylic acids is 2. The number of aromatic nitrogens is 4. The van der Waals surface area contributed by atoms with Crippen molar-refractivity contribution in [2.45, 2.75) is 20.4 Å². The van der Waals surface area contributed by atoms with Gasteiger partial charge < -0.3 is 13.7 Å². The molecule has 0 saturated carbocycles. The molecule has 2 aromatic carbocycles. The lowest BCUT2D eigenvalue weighted by atomic mass is 9.97. The van der Waals surface area contributed by atoms with Gasteiger partial charge in [-0.2, -0.15) is 5.26 Å². The van der Waals surface area contributed by atoms with Gasteiger partial charge in [-0.15, -0.1) is 0 Å². The molecule has 0 aliphatic rings. The third-order valence-electron chi connectivity index (χ3n) is 6.81. The van der Waals surface area contributed by atoms with Gasteiger partial charge in [0.1, 0.15) is 23.9 Å². The van der Waals surface area contributed by atoms with Gasteiger partial charge in [0, 0.05) is 25.2 Å². The molecule has 12 nitrogen and oxygen atoms in total. The topological polar surface area (TPSA) is 154 Å². The molecule has 0 saturated heterocycles. The Labute approximate surface area is 239 Å². The first kappa shape index (κ1) is 27.9. The number of benzene rings is 2. The van der Waals surface area contributed by atoms with Crippen LogP contribution in [-0.4, -0.2) is 37.2 Å². The Morgan fingerprint density at radius 2 is 1.60 bits per heavy atom. The summed E-state index contributed by atoms with van der Waals surface area (Å²) < 4.78 is 14.5. The maximum absolute atomic E-state index is 12.8. The molecule has 0 bridgehead atoms. The zero-order valence-electron chi connectivity index (χ0n) is 23.3. The number of fused-ring (bicyclic) bond motifs is 1. The van der Waals surface area contributed by atoms with Crippen molar-refractivity contribution in [3.8, 4) is 28.5 Å². The van der Waals surface area contributed by atoms with Crippen LogP contribution in [0.25, 0.3) is 33.6 Å². The number of nitrogens with one attached hydrogen (secondary N) is 1. The fourth-order valence-electron chi connectivity index (χ4n) is 4.54. The normalized spacial score (nSPS) is 10.9. The van der Waals surface area contributed by atoms with Gasteiger partial charge in [0.2, 0.25) is 5.88 Å². The molecule has 0 atom stereocenters. The molecule has 3 aromatic heterocycles. The molecule has 12 heteroatoms. The van der Waals surface area contributed by atoms with Gasteiger partial charge >= 0.3 is 11.7 Å². The van der Waals surface area contributed by atoms with Crippen LogP contribution in [0.1, 0.15) is 16.7 Å². The van der Waals surface area contributed by atoms with Crippen LogP contribution in [-0.2, 0) is 35.0 Å². The van der Waals surface area contributed by atoms with Gasteiger partial charge in [0.25, 0.3) is 11.5 Å². The fraction of sp³-hybridized carbons (Fsp3) is 0.200. The maximum Gasteiger partial charge on any atom is 0.332 e. The fourth-order valence-corrected chi connectivity index (χ4v) is 4.54. The summed E-state index contributed by atoms with van der Waals surface area (Å²) in [6.45, 7) is 2.82. The average Bonchev–Trinajstić information content (AvgIpc) is 3.56. The van der Waals surface area contributed by atoms with Gasteiger partial charge in [-0.1, -0.05) is 59.7 Å². The minimum Gasteiger partial charge on any atom is -0.454 e. The molecule has 212 valence electrons. The number of anilines is 1. The summed E-state index contributed by atoms with van der Waals surface area (Å²) in [7, 11) is 2.78. The van der Waals surface area contributed by atoms with E-state index in [4.69, 9.17) is 9.15 Å². The molecule has 5 rings (SSSR count). The molecule has 0 radical (unpaired) electrons. The summed E-state index contributed by atoms with van der Waals surface area (Å²) in [6.07, 6.45) is 1.24. The number of aryl methyl sites for hydroxylation is 3. The Kier molecular flexibility index (Phi) is 7.33. The van der Waals surface area contributed by atoms with Crippen molar-refractivity contribution in [2.24, 2.45) is 14.1 Å². The van der Waals surface area contributed by atoms with Crippen molar-refractivity contribution >= 4 is 28.9 Å². The highest BCUT2D eigenvalue weighted by Gasteiger charge is 2.25. The van der Waals surface area contributed by atoms with E-state index >= 15 is 0 Å². The number of carbonyl (C=O) groups is 2. The Balaban J connectivity index is 1.36. The van der Waals surface area contributed by atoms with Crippen molar-refractivity contribution < 1.29 is 18.7 Å². The number of imidazole rings is 1. The van der Waals surface area contributed by atoms with E-state index in [1.54, 1.807) is 0 Å². The summed E-state index contributed by atoms with van der Waals surface area (Å²) in [5.41, 5.74) is 3.18. The molecular formula is C30H26N6O6. The number of ether oxygens (including phenoxy) is 1. The van der Waals surface area contributed by atoms with E-state index < -0.39 is 36.3 Å². The zero-order valence-corrected chi connectivity index (χ0v) is 23.3. The van der Waals surface area contributed by atoms with Crippen molar-refractivity contribution in [1.29, 1.82) is 5.26 Å². The minimum absolute atomic E-state index is 0.0440. The first-order chi connectivity index (χ1) is 20.1. The Morgan fingerprint density at radius 1 is 0.976 bits per heavy atom. The molecule has 5 aromatic rings. The summed E-state index contributed by atoms with van der Waals surface area (Å²) in [5, 5.41) is 12.6. The van der Waals surface area contributed by atoms with Gasteiger partial charge in [-0.05, 0) is 19.4 Å². The highest BCUT2D eigenvalue weighted by Crippen LogP contribution is 2.41. The molecule has 0 spiro atoms. The molecule has 3 heterocycles. The average molecular weight is 567 g/mol. The second kappa shape index (κ2) is 11.1. The quantitative estimate of drug-likeness (QED) is 0.295. The van der Waals surface area contributed by atoms with Crippen LogP contribution < -0.4 is 16.6 Å². The van der Waals surface area contributed by atoms with Crippen molar-refractivity contribution in [3.05, 3.63) is 92.4 Å². The van der Waals surface area contributed by atoms with Gasteiger partial charge in [-0.25, -0.2) is 9.78 Å². The SMILES string of the molecule is Cc1ccc(-c2oc(NC(=O)COC(=O)Cn3cnc4c3c(=O)n(C)c(=O)n4C)c(C#N)c2-c2ccc(C)cc2)cc1. The van der Waals surface area contributed by atoms with E-state index in [-0.39, 0.29) is 22.6 Å².